The van der Waals surface area contributed by atoms with Crippen molar-refractivity contribution in [2.24, 2.45) is 11.1 Å². The molecule has 1 atom stereocenters. The van der Waals surface area contributed by atoms with Crippen molar-refractivity contribution in [3.63, 3.8) is 0 Å². The summed E-state index contributed by atoms with van der Waals surface area (Å²) in [6.45, 7) is 10.3. The summed E-state index contributed by atoms with van der Waals surface area (Å²) >= 11 is 0. The number of hydrogen-bond acceptors (Lipinski definition) is 3. The van der Waals surface area contributed by atoms with Crippen LogP contribution in [0.4, 0.5) is 0 Å². The average Bonchev–Trinajstić information content (AvgIpc) is 2.25. The highest BCUT2D eigenvalue weighted by Crippen LogP contribution is 2.21. The largest absolute Gasteiger partial charge is 0.327 e. The lowest BCUT2D eigenvalue weighted by molar-refractivity contribution is 0.136. The van der Waals surface area contributed by atoms with E-state index in [9.17, 15) is 0 Å². The number of likely N-dealkylation sites (tertiary alicyclic amines) is 1. The van der Waals surface area contributed by atoms with Gasteiger partial charge in [0.2, 0.25) is 0 Å². The summed E-state index contributed by atoms with van der Waals surface area (Å²) in [6.07, 6.45) is 3.73. The molecule has 0 amide bonds. The van der Waals surface area contributed by atoms with Gasteiger partial charge in [-0.3, -0.25) is 0 Å². The second kappa shape index (κ2) is 6.17. The molecule has 3 heteroatoms. The first kappa shape index (κ1) is 14.9. The normalized spacial score (nSPS) is 22.1. The lowest BCUT2D eigenvalue weighted by atomic mass is 9.85. The fourth-order valence-electron chi connectivity index (χ4n) is 2.41. The molecule has 1 fully saturated rings. The number of nitrogens with zero attached hydrogens (tertiary/aromatic N) is 2. The molecule has 3 nitrogen and oxygen atoms in total. The Labute approximate surface area is 107 Å². The number of piperidine rings is 1. The summed E-state index contributed by atoms with van der Waals surface area (Å²) in [5.41, 5.74) is 6.45. The van der Waals surface area contributed by atoms with Crippen LogP contribution in [0.25, 0.3) is 0 Å². The first-order valence-corrected chi connectivity index (χ1v) is 6.95. The zero-order chi connectivity index (χ0) is 13.1. The predicted molar refractivity (Wildman–Crippen MR) is 75.2 cm³/mol. The van der Waals surface area contributed by atoms with Crippen molar-refractivity contribution < 1.29 is 0 Å². The molecule has 0 radical (unpaired) electrons. The Morgan fingerprint density at radius 1 is 1.24 bits per heavy atom. The minimum atomic E-state index is 0.238. The molecule has 102 valence electrons. The second-order valence-electron chi connectivity index (χ2n) is 6.80. The van der Waals surface area contributed by atoms with E-state index in [2.05, 4.69) is 44.7 Å². The molecule has 17 heavy (non-hydrogen) atoms. The van der Waals surface area contributed by atoms with Crippen LogP contribution in [0, 0.1) is 5.41 Å². The van der Waals surface area contributed by atoms with Crippen LogP contribution in [-0.2, 0) is 0 Å². The molecule has 1 aliphatic rings. The Kier molecular flexibility index (Phi) is 5.42. The van der Waals surface area contributed by atoms with E-state index in [1.54, 1.807) is 0 Å². The van der Waals surface area contributed by atoms with Gasteiger partial charge in [-0.25, -0.2) is 0 Å². The Hall–Kier alpha value is -0.120. The van der Waals surface area contributed by atoms with E-state index in [-0.39, 0.29) is 5.41 Å². The molecule has 1 rings (SSSR count). The van der Waals surface area contributed by atoms with Gasteiger partial charge in [-0.2, -0.15) is 0 Å². The van der Waals surface area contributed by atoms with Crippen LogP contribution in [0.1, 0.15) is 40.0 Å². The van der Waals surface area contributed by atoms with Crippen molar-refractivity contribution in [2.45, 2.75) is 52.1 Å². The van der Waals surface area contributed by atoms with Crippen LogP contribution >= 0.6 is 0 Å². The average molecular weight is 241 g/mol. The Bertz CT molecular complexity index is 212. The maximum absolute atomic E-state index is 6.21. The molecule has 2 N–H and O–H groups in total. The molecule has 1 unspecified atom stereocenters. The Morgan fingerprint density at radius 3 is 2.18 bits per heavy atom. The van der Waals surface area contributed by atoms with Gasteiger partial charge in [0.05, 0.1) is 0 Å². The molecule has 0 bridgehead atoms. The highest BCUT2D eigenvalue weighted by Gasteiger charge is 2.23. The number of hydrogen-bond donors (Lipinski definition) is 1. The van der Waals surface area contributed by atoms with Gasteiger partial charge in [-0.1, -0.05) is 20.8 Å². The van der Waals surface area contributed by atoms with Crippen LogP contribution in [0.5, 0.6) is 0 Å². The van der Waals surface area contributed by atoms with Gasteiger partial charge in [0.15, 0.2) is 0 Å². The monoisotopic (exact) mass is 241 g/mol. The van der Waals surface area contributed by atoms with Gasteiger partial charge in [0, 0.05) is 12.1 Å². The van der Waals surface area contributed by atoms with E-state index >= 15 is 0 Å². The summed E-state index contributed by atoms with van der Waals surface area (Å²) in [5.74, 6) is 0. The lowest BCUT2D eigenvalue weighted by Crippen LogP contribution is -2.44. The first-order chi connectivity index (χ1) is 7.80. The van der Waals surface area contributed by atoms with Crippen molar-refractivity contribution in [1.29, 1.82) is 0 Å². The molecule has 0 aliphatic carbocycles. The van der Waals surface area contributed by atoms with Crippen LogP contribution in [0.15, 0.2) is 0 Å². The summed E-state index contributed by atoms with van der Waals surface area (Å²) in [4.78, 5) is 4.93. The first-order valence-electron chi connectivity index (χ1n) is 6.95. The van der Waals surface area contributed by atoms with Gasteiger partial charge < -0.3 is 15.5 Å². The fourth-order valence-corrected chi connectivity index (χ4v) is 2.41. The maximum atomic E-state index is 6.21. The van der Waals surface area contributed by atoms with E-state index < -0.39 is 0 Å². The molecular formula is C14H31N3. The third kappa shape index (κ3) is 4.94. The topological polar surface area (TPSA) is 32.5 Å². The standard InChI is InChI=1S/C14H31N3/c1-14(2,3)13(15)8-11-17-9-6-12(7-10-17)16(4)5/h12-13H,6-11,15H2,1-5H3. The number of nitrogens with two attached hydrogens (primary N) is 1. The highest BCUT2D eigenvalue weighted by molar-refractivity contribution is 4.81. The quantitative estimate of drug-likeness (QED) is 0.814. The molecule has 1 heterocycles. The zero-order valence-corrected chi connectivity index (χ0v) is 12.4. The van der Waals surface area contributed by atoms with E-state index in [4.69, 9.17) is 5.73 Å². The van der Waals surface area contributed by atoms with Crippen LogP contribution in [-0.4, -0.2) is 55.6 Å². The van der Waals surface area contributed by atoms with E-state index in [1.165, 1.54) is 32.5 Å². The minimum absolute atomic E-state index is 0.238. The van der Waals surface area contributed by atoms with Crippen molar-refractivity contribution in [3.8, 4) is 0 Å². The predicted octanol–water partition coefficient (Wildman–Crippen LogP) is 1.78. The summed E-state index contributed by atoms with van der Waals surface area (Å²) in [6, 6.07) is 1.09. The van der Waals surface area contributed by atoms with Crippen molar-refractivity contribution >= 4 is 0 Å². The third-order valence-electron chi connectivity index (χ3n) is 4.16. The molecule has 1 aliphatic heterocycles. The van der Waals surface area contributed by atoms with Crippen LogP contribution in [0.3, 0.4) is 0 Å². The molecule has 0 aromatic rings. The molecule has 1 saturated heterocycles. The molecular weight excluding hydrogens is 210 g/mol. The van der Waals surface area contributed by atoms with Crippen LogP contribution < -0.4 is 5.73 Å². The highest BCUT2D eigenvalue weighted by atomic mass is 15.2. The summed E-state index contributed by atoms with van der Waals surface area (Å²) in [5, 5.41) is 0. The van der Waals surface area contributed by atoms with E-state index in [1.807, 2.05) is 0 Å². The van der Waals surface area contributed by atoms with Crippen LogP contribution in [0.2, 0.25) is 0 Å². The SMILES string of the molecule is CN(C)C1CCN(CCC(N)C(C)(C)C)CC1. The van der Waals surface area contributed by atoms with Gasteiger partial charge in [0.1, 0.15) is 0 Å². The zero-order valence-electron chi connectivity index (χ0n) is 12.4. The molecule has 0 saturated carbocycles. The minimum Gasteiger partial charge on any atom is -0.327 e. The molecule has 0 aromatic carbocycles. The summed E-state index contributed by atoms with van der Waals surface area (Å²) in [7, 11) is 4.38. The van der Waals surface area contributed by atoms with Gasteiger partial charge in [-0.15, -0.1) is 0 Å². The van der Waals surface area contributed by atoms with E-state index in [0.29, 0.717) is 6.04 Å². The number of rotatable bonds is 4. The van der Waals surface area contributed by atoms with Gasteiger partial charge >= 0.3 is 0 Å². The van der Waals surface area contributed by atoms with Crippen molar-refractivity contribution in [2.75, 3.05) is 33.7 Å². The fraction of sp³-hybridized carbons (Fsp3) is 1.00. The maximum Gasteiger partial charge on any atom is 0.0113 e. The van der Waals surface area contributed by atoms with E-state index in [0.717, 1.165) is 12.5 Å². The summed E-state index contributed by atoms with van der Waals surface area (Å²) < 4.78 is 0. The Balaban J connectivity index is 2.23. The smallest absolute Gasteiger partial charge is 0.0113 e. The van der Waals surface area contributed by atoms with Gasteiger partial charge in [-0.05, 0) is 58.4 Å². The van der Waals surface area contributed by atoms with Gasteiger partial charge in [0.25, 0.3) is 0 Å². The molecule has 0 aromatic heterocycles. The van der Waals surface area contributed by atoms with Crippen molar-refractivity contribution in [3.05, 3.63) is 0 Å². The third-order valence-corrected chi connectivity index (χ3v) is 4.16. The lowest BCUT2D eigenvalue weighted by Gasteiger charge is -2.36. The van der Waals surface area contributed by atoms with Crippen molar-refractivity contribution in [1.82, 2.24) is 9.80 Å². The Morgan fingerprint density at radius 2 is 1.76 bits per heavy atom. The molecule has 0 spiro atoms. The second-order valence-corrected chi connectivity index (χ2v) is 6.80.